The zero-order valence-electron chi connectivity index (χ0n) is 22.2. The molecule has 0 bridgehead atoms. The molecule has 1 saturated heterocycles. The Morgan fingerprint density at radius 2 is 1.73 bits per heavy atom. The Bertz CT molecular complexity index is 1160. The minimum absolute atomic E-state index is 0.178. The highest BCUT2D eigenvalue weighted by Crippen LogP contribution is 2.35. The number of fused-ring (bicyclic) bond motifs is 1. The van der Waals surface area contributed by atoms with Crippen molar-refractivity contribution >= 4 is 40.6 Å². The second-order valence-corrected chi connectivity index (χ2v) is 9.03. The first-order valence-corrected chi connectivity index (χ1v) is 13.8. The van der Waals surface area contributed by atoms with E-state index in [4.69, 9.17) is 4.74 Å². The fourth-order valence-corrected chi connectivity index (χ4v) is 5.11. The van der Waals surface area contributed by atoms with Crippen LogP contribution in [-0.4, -0.2) is 65.8 Å². The predicted molar refractivity (Wildman–Crippen MR) is 151 cm³/mol. The average molecular weight is 527 g/mol. The second kappa shape index (κ2) is 15.9. The molecule has 0 radical (unpaired) electrons. The number of aromatic nitrogens is 1. The number of amides is 1. The third kappa shape index (κ3) is 7.67. The van der Waals surface area contributed by atoms with Gasteiger partial charge < -0.3 is 15.0 Å². The second-order valence-electron chi connectivity index (χ2n) is 7.80. The summed E-state index contributed by atoms with van der Waals surface area (Å²) < 4.78 is 7.95. The van der Waals surface area contributed by atoms with Crippen LogP contribution in [0.25, 0.3) is 10.9 Å². The lowest BCUT2D eigenvalue weighted by molar-refractivity contribution is -0.127. The summed E-state index contributed by atoms with van der Waals surface area (Å²) in [7, 11) is 1.50. The first-order valence-electron chi connectivity index (χ1n) is 12.6. The van der Waals surface area contributed by atoms with Crippen molar-refractivity contribution in [3.05, 3.63) is 65.4 Å². The Morgan fingerprint density at radius 3 is 2.35 bits per heavy atom. The molecule has 0 unspecified atom stereocenters. The number of benzene rings is 2. The third-order valence-corrected chi connectivity index (χ3v) is 6.63. The van der Waals surface area contributed by atoms with Gasteiger partial charge in [-0.1, -0.05) is 57.2 Å². The number of aldehydes is 1. The average Bonchev–Trinajstić information content (AvgIpc) is 3.28. The molecule has 1 aliphatic heterocycles. The Balaban J connectivity index is 0.00000115. The smallest absolute Gasteiger partial charge is 0.272 e. The number of hydrogen-bond donors (Lipinski definition) is 2. The van der Waals surface area contributed by atoms with Gasteiger partial charge in [-0.3, -0.25) is 19.8 Å². The lowest BCUT2D eigenvalue weighted by atomic mass is 10.0. The van der Waals surface area contributed by atoms with Gasteiger partial charge >= 0.3 is 0 Å². The Hall–Kier alpha value is -3.14. The van der Waals surface area contributed by atoms with Gasteiger partial charge in [0.2, 0.25) is 5.78 Å². The Labute approximate surface area is 223 Å². The number of nitrogens with one attached hydrogen (secondary N) is 1. The van der Waals surface area contributed by atoms with E-state index >= 15 is 0 Å². The van der Waals surface area contributed by atoms with Crippen LogP contribution in [0, 0.1) is 0 Å². The molecule has 2 heterocycles. The summed E-state index contributed by atoms with van der Waals surface area (Å²) in [5.74, 6) is 1.54. The number of carbonyl (C=O) groups is 3. The molecular formula is C28H38N4O4S. The molecule has 4 rings (SSSR count). The molecular weight excluding hydrogens is 488 g/mol. The maximum absolute atomic E-state index is 12.7. The van der Waals surface area contributed by atoms with Gasteiger partial charge in [-0.2, -0.15) is 11.8 Å². The number of nitrogens with two attached hydrogens (primary N) is 1. The van der Waals surface area contributed by atoms with Crippen LogP contribution in [-0.2, 0) is 22.6 Å². The Kier molecular flexibility index (Phi) is 12.9. The summed E-state index contributed by atoms with van der Waals surface area (Å²) in [4.78, 5) is 36.7. The van der Waals surface area contributed by atoms with Crippen molar-refractivity contribution in [2.45, 2.75) is 33.7 Å². The minimum atomic E-state index is -0.588. The van der Waals surface area contributed by atoms with Gasteiger partial charge in [0.15, 0.2) is 12.9 Å². The highest BCUT2D eigenvalue weighted by Gasteiger charge is 2.24. The molecule has 200 valence electrons. The van der Waals surface area contributed by atoms with Gasteiger partial charge in [-0.25, -0.2) is 5.01 Å². The standard InChI is InChI=1S/C25H27N3O4S.C2H6.CH5N/c1-2-19-24(21(30)16-29)25-20(28(19)15-18-7-4-3-5-8-18)9-6-10-22(25)32-17-23(31)26-27-11-13-33-14-12-27;2*1-2/h3-10,16H,2,11-15,17H2,1H3,(H,26,31);1-2H3;2H2,1H3. The lowest BCUT2D eigenvalue weighted by Gasteiger charge is -2.26. The largest absolute Gasteiger partial charge is 0.483 e. The number of Topliss-reactive ketones (excluding diaryl/α,β-unsaturated/α-hetero) is 1. The first kappa shape index (κ1) is 30.1. The summed E-state index contributed by atoms with van der Waals surface area (Å²) in [5, 5.41) is 2.47. The van der Waals surface area contributed by atoms with E-state index in [9.17, 15) is 14.4 Å². The molecule has 3 N–H and O–H groups in total. The van der Waals surface area contributed by atoms with E-state index in [0.717, 1.165) is 41.4 Å². The van der Waals surface area contributed by atoms with Crippen LogP contribution in [0.15, 0.2) is 48.5 Å². The number of hydrogen-bond acceptors (Lipinski definition) is 7. The van der Waals surface area contributed by atoms with Crippen LogP contribution < -0.4 is 15.9 Å². The highest BCUT2D eigenvalue weighted by atomic mass is 32.2. The molecule has 2 aromatic carbocycles. The van der Waals surface area contributed by atoms with E-state index in [-0.39, 0.29) is 12.5 Å². The molecule has 8 nitrogen and oxygen atoms in total. The quantitative estimate of drug-likeness (QED) is 0.249. The van der Waals surface area contributed by atoms with E-state index in [1.807, 2.05) is 80.0 Å². The van der Waals surface area contributed by atoms with Crippen molar-refractivity contribution in [3.63, 3.8) is 0 Å². The molecule has 37 heavy (non-hydrogen) atoms. The Morgan fingerprint density at radius 1 is 1.05 bits per heavy atom. The summed E-state index contributed by atoms with van der Waals surface area (Å²) in [6.07, 6.45) is 0.919. The maximum Gasteiger partial charge on any atom is 0.272 e. The lowest BCUT2D eigenvalue weighted by Crippen LogP contribution is -2.48. The zero-order valence-corrected chi connectivity index (χ0v) is 23.0. The van der Waals surface area contributed by atoms with E-state index < -0.39 is 5.78 Å². The summed E-state index contributed by atoms with van der Waals surface area (Å²) in [6, 6.07) is 15.4. The first-order chi connectivity index (χ1) is 18.1. The van der Waals surface area contributed by atoms with Crippen molar-refractivity contribution in [3.8, 4) is 5.75 Å². The van der Waals surface area contributed by atoms with Crippen LogP contribution in [0.1, 0.15) is 42.4 Å². The zero-order chi connectivity index (χ0) is 27.2. The predicted octanol–water partition coefficient (Wildman–Crippen LogP) is 3.69. The molecule has 9 heteroatoms. The highest BCUT2D eigenvalue weighted by molar-refractivity contribution is 7.99. The fraction of sp³-hybridized carbons (Fsp3) is 0.393. The monoisotopic (exact) mass is 526 g/mol. The van der Waals surface area contributed by atoms with Crippen molar-refractivity contribution in [2.75, 3.05) is 38.2 Å². The van der Waals surface area contributed by atoms with Crippen molar-refractivity contribution in [2.24, 2.45) is 5.73 Å². The summed E-state index contributed by atoms with van der Waals surface area (Å²) >= 11 is 1.86. The number of hydrazine groups is 1. The molecule has 1 fully saturated rings. The van der Waals surface area contributed by atoms with Crippen LogP contribution in [0.3, 0.4) is 0 Å². The van der Waals surface area contributed by atoms with Crippen molar-refractivity contribution in [1.82, 2.24) is 15.0 Å². The van der Waals surface area contributed by atoms with Crippen molar-refractivity contribution in [1.29, 1.82) is 0 Å². The number of ketones is 1. The van der Waals surface area contributed by atoms with Crippen LogP contribution in [0.4, 0.5) is 0 Å². The number of ether oxygens (including phenoxy) is 1. The molecule has 1 aromatic heterocycles. The van der Waals surface area contributed by atoms with E-state index in [2.05, 4.69) is 15.7 Å². The van der Waals surface area contributed by atoms with Gasteiger partial charge in [0, 0.05) is 36.8 Å². The molecule has 3 aromatic rings. The summed E-state index contributed by atoms with van der Waals surface area (Å²) in [5.41, 5.74) is 10.4. The van der Waals surface area contributed by atoms with Gasteiger partial charge in [0.25, 0.3) is 5.91 Å². The third-order valence-electron chi connectivity index (χ3n) is 5.68. The van der Waals surface area contributed by atoms with Gasteiger partial charge in [-0.05, 0) is 31.2 Å². The molecule has 0 aliphatic carbocycles. The molecule has 1 aliphatic rings. The van der Waals surface area contributed by atoms with E-state index in [0.29, 0.717) is 36.0 Å². The number of carbonyl (C=O) groups excluding carboxylic acids is 3. The SMILES string of the molecule is CC.CCc1c(C(=O)C=O)c2c(OCC(=O)NN3CCSCC3)cccc2n1Cc1ccccc1.CN. The molecule has 0 atom stereocenters. The van der Waals surface area contributed by atoms with Gasteiger partial charge in [0.05, 0.1) is 16.5 Å². The van der Waals surface area contributed by atoms with Crippen LogP contribution in [0.2, 0.25) is 0 Å². The topological polar surface area (TPSA) is 107 Å². The number of rotatable bonds is 9. The summed E-state index contributed by atoms with van der Waals surface area (Å²) in [6.45, 7) is 7.94. The normalized spacial score (nSPS) is 13.0. The molecule has 0 spiro atoms. The number of thioether (sulfide) groups is 1. The van der Waals surface area contributed by atoms with Gasteiger partial charge in [-0.15, -0.1) is 0 Å². The van der Waals surface area contributed by atoms with Crippen LogP contribution in [0.5, 0.6) is 5.75 Å². The van der Waals surface area contributed by atoms with Gasteiger partial charge in [0.1, 0.15) is 5.75 Å². The van der Waals surface area contributed by atoms with Crippen LogP contribution >= 0.6 is 11.8 Å². The molecule has 1 amide bonds. The minimum Gasteiger partial charge on any atom is -0.483 e. The number of nitrogens with zero attached hydrogens (tertiary/aromatic N) is 2. The molecule has 0 saturated carbocycles. The van der Waals surface area contributed by atoms with E-state index in [1.54, 1.807) is 6.07 Å². The maximum atomic E-state index is 12.7. The van der Waals surface area contributed by atoms with E-state index in [1.165, 1.54) is 7.05 Å². The van der Waals surface area contributed by atoms with Crippen molar-refractivity contribution < 1.29 is 19.1 Å². The fourth-order valence-electron chi connectivity index (χ4n) is 4.21.